The zero-order valence-electron chi connectivity index (χ0n) is 19.4. The van der Waals surface area contributed by atoms with Crippen LogP contribution in [0, 0.1) is 0 Å². The van der Waals surface area contributed by atoms with Crippen molar-refractivity contribution in [2.75, 3.05) is 4.90 Å². The molecule has 0 spiro atoms. The van der Waals surface area contributed by atoms with E-state index in [0.29, 0.717) is 0 Å². The second-order valence-electron chi connectivity index (χ2n) is 9.00. The van der Waals surface area contributed by atoms with Crippen molar-refractivity contribution in [2.24, 2.45) is 0 Å². The van der Waals surface area contributed by atoms with Crippen molar-refractivity contribution in [1.29, 1.82) is 0 Å². The van der Waals surface area contributed by atoms with Crippen LogP contribution in [0.5, 0.6) is 0 Å². The molecule has 7 aromatic rings. The van der Waals surface area contributed by atoms with Gasteiger partial charge in [0.15, 0.2) is 0 Å². The Morgan fingerprint density at radius 2 is 1.14 bits per heavy atom. The highest BCUT2D eigenvalue weighted by molar-refractivity contribution is 9.10. The third kappa shape index (κ3) is 3.35. The topological polar surface area (TPSA) is 16.1 Å². The highest BCUT2D eigenvalue weighted by Crippen LogP contribution is 2.44. The SMILES string of the molecule is Brc1cc2c3ccccc3c(N(c3ccc4ccccc4c3)c3ccccn3)cc2c2ccccc12. The van der Waals surface area contributed by atoms with E-state index >= 15 is 0 Å². The van der Waals surface area contributed by atoms with E-state index < -0.39 is 0 Å². The Labute approximate surface area is 217 Å². The number of aromatic nitrogens is 1. The molecule has 0 fully saturated rings. The van der Waals surface area contributed by atoms with Gasteiger partial charge in [0.2, 0.25) is 0 Å². The van der Waals surface area contributed by atoms with E-state index in [1.54, 1.807) is 0 Å². The van der Waals surface area contributed by atoms with Crippen molar-refractivity contribution < 1.29 is 0 Å². The summed E-state index contributed by atoms with van der Waals surface area (Å²) in [6.07, 6.45) is 1.86. The van der Waals surface area contributed by atoms with E-state index in [2.05, 4.69) is 130 Å². The van der Waals surface area contributed by atoms with E-state index in [4.69, 9.17) is 4.98 Å². The Kier molecular flexibility index (Phi) is 4.97. The normalized spacial score (nSPS) is 11.5. The van der Waals surface area contributed by atoms with Crippen LogP contribution in [0.25, 0.3) is 43.1 Å². The molecule has 0 saturated carbocycles. The van der Waals surface area contributed by atoms with Gasteiger partial charge in [0, 0.05) is 21.7 Å². The first-order valence-corrected chi connectivity index (χ1v) is 12.8. The average molecular weight is 525 g/mol. The number of pyridine rings is 1. The van der Waals surface area contributed by atoms with Gasteiger partial charge in [-0.15, -0.1) is 0 Å². The minimum atomic E-state index is 0.888. The van der Waals surface area contributed by atoms with Crippen molar-refractivity contribution in [1.82, 2.24) is 4.98 Å². The molecular formula is C33H21BrN2. The smallest absolute Gasteiger partial charge is 0.137 e. The number of anilines is 3. The first kappa shape index (κ1) is 21.1. The fourth-order valence-corrected chi connectivity index (χ4v) is 5.84. The molecule has 3 heteroatoms. The van der Waals surface area contributed by atoms with Gasteiger partial charge < -0.3 is 0 Å². The summed E-state index contributed by atoms with van der Waals surface area (Å²) in [7, 11) is 0. The summed E-state index contributed by atoms with van der Waals surface area (Å²) in [5.41, 5.74) is 2.19. The highest BCUT2D eigenvalue weighted by atomic mass is 79.9. The molecule has 0 radical (unpaired) electrons. The van der Waals surface area contributed by atoms with Gasteiger partial charge >= 0.3 is 0 Å². The lowest BCUT2D eigenvalue weighted by molar-refractivity contribution is 1.19. The van der Waals surface area contributed by atoms with E-state index in [0.717, 1.165) is 21.7 Å². The Morgan fingerprint density at radius 1 is 0.500 bits per heavy atom. The maximum Gasteiger partial charge on any atom is 0.137 e. The summed E-state index contributed by atoms with van der Waals surface area (Å²) in [5, 5.41) is 9.74. The molecule has 1 heterocycles. The molecule has 7 rings (SSSR count). The third-order valence-corrected chi connectivity index (χ3v) is 7.58. The summed E-state index contributed by atoms with van der Waals surface area (Å²) in [6, 6.07) is 43.1. The summed E-state index contributed by atoms with van der Waals surface area (Å²) < 4.78 is 1.11. The van der Waals surface area contributed by atoms with E-state index in [9.17, 15) is 0 Å². The van der Waals surface area contributed by atoms with Gasteiger partial charge in [-0.3, -0.25) is 4.90 Å². The molecule has 0 aliphatic heterocycles. The quantitative estimate of drug-likeness (QED) is 0.214. The lowest BCUT2D eigenvalue weighted by Gasteiger charge is -2.27. The molecule has 0 saturated heterocycles. The monoisotopic (exact) mass is 524 g/mol. The number of benzene rings is 6. The fourth-order valence-electron chi connectivity index (χ4n) is 5.27. The molecule has 0 N–H and O–H groups in total. The summed E-state index contributed by atoms with van der Waals surface area (Å²) in [6.45, 7) is 0. The zero-order chi connectivity index (χ0) is 24.1. The molecule has 0 aliphatic carbocycles. The molecule has 0 amide bonds. The van der Waals surface area contributed by atoms with Gasteiger partial charge in [-0.2, -0.15) is 0 Å². The Morgan fingerprint density at radius 3 is 1.92 bits per heavy atom. The van der Waals surface area contributed by atoms with Crippen LogP contribution in [0.15, 0.2) is 132 Å². The molecular weight excluding hydrogens is 504 g/mol. The van der Waals surface area contributed by atoms with Crippen LogP contribution in [-0.2, 0) is 0 Å². The number of fused-ring (bicyclic) bond motifs is 6. The van der Waals surface area contributed by atoms with Gasteiger partial charge in [-0.05, 0) is 74.1 Å². The maximum atomic E-state index is 4.79. The van der Waals surface area contributed by atoms with Crippen LogP contribution in [0.2, 0.25) is 0 Å². The van der Waals surface area contributed by atoms with Crippen LogP contribution in [-0.4, -0.2) is 4.98 Å². The van der Waals surface area contributed by atoms with Crippen molar-refractivity contribution in [3.63, 3.8) is 0 Å². The number of rotatable bonds is 3. The summed E-state index contributed by atoms with van der Waals surface area (Å²) in [5.74, 6) is 0.888. The number of hydrogen-bond donors (Lipinski definition) is 0. The minimum absolute atomic E-state index is 0.888. The fraction of sp³-hybridized carbons (Fsp3) is 0. The van der Waals surface area contributed by atoms with Crippen molar-refractivity contribution >= 4 is 76.2 Å². The van der Waals surface area contributed by atoms with Crippen molar-refractivity contribution in [2.45, 2.75) is 0 Å². The average Bonchev–Trinajstić information content (AvgIpc) is 2.94. The standard InChI is InChI=1S/C33H21BrN2/c34-31-20-29-26-12-4-6-14-28(26)32(21-30(29)25-11-3-5-13-27(25)31)36(33-15-7-8-18-35-33)24-17-16-22-9-1-2-10-23(22)19-24/h1-21H. The van der Waals surface area contributed by atoms with Crippen molar-refractivity contribution in [3.05, 3.63) is 132 Å². The molecule has 2 nitrogen and oxygen atoms in total. The van der Waals surface area contributed by atoms with Crippen LogP contribution < -0.4 is 4.90 Å². The third-order valence-electron chi connectivity index (χ3n) is 6.92. The zero-order valence-corrected chi connectivity index (χ0v) is 21.0. The molecule has 0 aliphatic rings. The van der Waals surface area contributed by atoms with E-state index in [1.165, 1.54) is 43.1 Å². The van der Waals surface area contributed by atoms with Crippen LogP contribution in [0.1, 0.15) is 0 Å². The highest BCUT2D eigenvalue weighted by Gasteiger charge is 2.19. The maximum absolute atomic E-state index is 4.79. The van der Waals surface area contributed by atoms with Gasteiger partial charge in [0.1, 0.15) is 5.82 Å². The van der Waals surface area contributed by atoms with Gasteiger partial charge in [0.25, 0.3) is 0 Å². The van der Waals surface area contributed by atoms with Crippen LogP contribution >= 0.6 is 15.9 Å². The number of halogens is 1. The second kappa shape index (κ2) is 8.47. The Balaban J connectivity index is 1.61. The lowest BCUT2D eigenvalue weighted by Crippen LogP contribution is -2.12. The molecule has 0 bridgehead atoms. The second-order valence-corrected chi connectivity index (χ2v) is 9.85. The number of nitrogens with zero attached hydrogens (tertiary/aromatic N) is 2. The lowest BCUT2D eigenvalue weighted by atomic mass is 9.95. The first-order valence-electron chi connectivity index (χ1n) is 12.0. The van der Waals surface area contributed by atoms with Gasteiger partial charge in [-0.25, -0.2) is 4.98 Å². The predicted octanol–water partition coefficient (Wildman–Crippen LogP) is 9.93. The van der Waals surface area contributed by atoms with Crippen LogP contribution in [0.3, 0.4) is 0 Å². The first-order chi connectivity index (χ1) is 17.8. The predicted molar refractivity (Wildman–Crippen MR) is 157 cm³/mol. The van der Waals surface area contributed by atoms with Gasteiger partial charge in [-0.1, -0.05) is 101 Å². The molecule has 0 unspecified atom stereocenters. The van der Waals surface area contributed by atoms with E-state index in [-0.39, 0.29) is 0 Å². The molecule has 170 valence electrons. The molecule has 36 heavy (non-hydrogen) atoms. The minimum Gasteiger partial charge on any atom is -0.294 e. The summed E-state index contributed by atoms with van der Waals surface area (Å²) in [4.78, 5) is 7.08. The largest absolute Gasteiger partial charge is 0.294 e. The number of hydrogen-bond acceptors (Lipinski definition) is 2. The van der Waals surface area contributed by atoms with Gasteiger partial charge in [0.05, 0.1) is 5.69 Å². The van der Waals surface area contributed by atoms with Crippen molar-refractivity contribution in [3.8, 4) is 0 Å². The van der Waals surface area contributed by atoms with E-state index in [1.807, 2.05) is 18.3 Å². The van der Waals surface area contributed by atoms with Crippen LogP contribution in [0.4, 0.5) is 17.2 Å². The summed E-state index contributed by atoms with van der Waals surface area (Å²) >= 11 is 3.83. The molecule has 1 aromatic heterocycles. The molecule has 0 atom stereocenters. The molecule has 6 aromatic carbocycles. The Hall–Kier alpha value is -4.21. The Bertz CT molecular complexity index is 1910.